The Labute approximate surface area is 184 Å². The topological polar surface area (TPSA) is 67.9 Å². The van der Waals surface area contributed by atoms with E-state index in [9.17, 15) is 9.59 Å². The lowest BCUT2D eigenvalue weighted by atomic mass is 9.95. The number of rotatable bonds is 4. The average Bonchev–Trinajstić information content (AvgIpc) is 3.22. The summed E-state index contributed by atoms with van der Waals surface area (Å²) in [4.78, 5) is 26.8. The highest BCUT2D eigenvalue weighted by Gasteiger charge is 2.27. The molecule has 1 N–H and O–H groups in total. The van der Waals surface area contributed by atoms with Crippen molar-refractivity contribution in [3.05, 3.63) is 58.1 Å². The van der Waals surface area contributed by atoms with Crippen molar-refractivity contribution < 1.29 is 19.1 Å². The van der Waals surface area contributed by atoms with Crippen molar-refractivity contribution in [2.75, 3.05) is 25.2 Å². The summed E-state index contributed by atoms with van der Waals surface area (Å²) >= 11 is 12.1. The third-order valence-electron chi connectivity index (χ3n) is 5.20. The number of nitrogens with zero attached hydrogens (tertiary/aromatic N) is 1. The molecule has 0 radical (unpaired) electrons. The zero-order chi connectivity index (χ0) is 21.1. The van der Waals surface area contributed by atoms with E-state index in [4.69, 9.17) is 32.7 Å². The molecule has 0 aliphatic carbocycles. The zero-order valence-corrected chi connectivity index (χ0v) is 17.6. The molecule has 2 aliphatic heterocycles. The van der Waals surface area contributed by atoms with Gasteiger partial charge in [0, 0.05) is 36.8 Å². The van der Waals surface area contributed by atoms with Crippen LogP contribution in [0.4, 0.5) is 5.69 Å². The maximum atomic E-state index is 12.6. The number of likely N-dealkylation sites (tertiary alicyclic amines) is 1. The smallest absolute Gasteiger partial charge is 0.246 e. The van der Waals surface area contributed by atoms with Crippen LogP contribution in [0.5, 0.6) is 11.5 Å². The minimum absolute atomic E-state index is 0.0535. The zero-order valence-electron chi connectivity index (χ0n) is 16.1. The van der Waals surface area contributed by atoms with Gasteiger partial charge in [-0.15, -0.1) is 0 Å². The number of hydrogen-bond donors (Lipinski definition) is 1. The van der Waals surface area contributed by atoms with E-state index in [1.54, 1.807) is 47.4 Å². The van der Waals surface area contributed by atoms with Crippen LogP contribution in [0.1, 0.15) is 18.4 Å². The summed E-state index contributed by atoms with van der Waals surface area (Å²) < 4.78 is 10.6. The second kappa shape index (κ2) is 8.98. The first kappa shape index (κ1) is 20.6. The molecule has 2 amide bonds. The molecule has 156 valence electrons. The largest absolute Gasteiger partial charge is 0.454 e. The van der Waals surface area contributed by atoms with Crippen molar-refractivity contribution in [2.45, 2.75) is 12.8 Å². The van der Waals surface area contributed by atoms with Gasteiger partial charge in [0.15, 0.2) is 11.5 Å². The van der Waals surface area contributed by atoms with Gasteiger partial charge < -0.3 is 19.7 Å². The highest BCUT2D eigenvalue weighted by molar-refractivity contribution is 6.42. The van der Waals surface area contributed by atoms with Gasteiger partial charge in [0.2, 0.25) is 18.6 Å². The predicted octanol–water partition coefficient (Wildman–Crippen LogP) is 4.61. The molecule has 4 rings (SSSR count). The quantitative estimate of drug-likeness (QED) is 0.696. The number of carbonyl (C=O) groups is 2. The van der Waals surface area contributed by atoms with Crippen molar-refractivity contribution >= 4 is 46.8 Å². The van der Waals surface area contributed by atoms with Gasteiger partial charge >= 0.3 is 0 Å². The summed E-state index contributed by atoms with van der Waals surface area (Å²) in [6.07, 6.45) is 4.36. The van der Waals surface area contributed by atoms with Crippen LogP contribution in [0.25, 0.3) is 6.08 Å². The molecule has 1 fully saturated rings. The standard InChI is InChI=1S/C22H20Cl2N2O4/c23-17-3-1-2-14(21(17)24)4-7-20(27)26-10-8-15(9-11-26)22(28)25-16-5-6-18-19(12-16)30-13-29-18/h1-7,12,15H,8-11,13H2,(H,25,28)/b7-4+. The fourth-order valence-corrected chi connectivity index (χ4v) is 3.87. The summed E-state index contributed by atoms with van der Waals surface area (Å²) in [5, 5.41) is 3.79. The third-order valence-corrected chi connectivity index (χ3v) is 6.04. The Bertz CT molecular complexity index is 1000. The number of amides is 2. The fraction of sp³-hybridized carbons (Fsp3) is 0.273. The molecule has 0 atom stereocenters. The Balaban J connectivity index is 1.30. The number of anilines is 1. The molecular formula is C22H20Cl2N2O4. The van der Waals surface area contributed by atoms with Crippen LogP contribution >= 0.6 is 23.2 Å². The first-order valence-corrected chi connectivity index (χ1v) is 10.4. The SMILES string of the molecule is O=C(Nc1ccc2c(c1)OCO2)C1CCN(C(=O)/C=C/c2cccc(Cl)c2Cl)CC1. The van der Waals surface area contributed by atoms with E-state index in [2.05, 4.69) is 5.32 Å². The number of nitrogens with one attached hydrogen (secondary N) is 1. The molecule has 8 heteroatoms. The Morgan fingerprint density at radius 2 is 1.83 bits per heavy atom. The Hall–Kier alpha value is -2.70. The number of carbonyl (C=O) groups excluding carboxylic acids is 2. The summed E-state index contributed by atoms with van der Waals surface area (Å²) in [6, 6.07) is 10.6. The first-order chi connectivity index (χ1) is 14.5. The molecule has 0 aromatic heterocycles. The number of halogens is 2. The van der Waals surface area contributed by atoms with E-state index < -0.39 is 0 Å². The molecule has 0 saturated carbocycles. The predicted molar refractivity (Wildman–Crippen MR) is 116 cm³/mol. The van der Waals surface area contributed by atoms with Crippen LogP contribution < -0.4 is 14.8 Å². The summed E-state index contributed by atoms with van der Waals surface area (Å²) in [5.74, 6) is 0.987. The van der Waals surface area contributed by atoms with Crippen LogP contribution in [0.3, 0.4) is 0 Å². The van der Waals surface area contributed by atoms with Gasteiger partial charge in [0.05, 0.1) is 10.0 Å². The van der Waals surface area contributed by atoms with Crippen LogP contribution in [-0.4, -0.2) is 36.6 Å². The van der Waals surface area contributed by atoms with Gasteiger partial charge in [0.1, 0.15) is 0 Å². The van der Waals surface area contributed by atoms with Crippen molar-refractivity contribution in [1.82, 2.24) is 4.90 Å². The molecule has 1 saturated heterocycles. The minimum atomic E-state index is -0.147. The minimum Gasteiger partial charge on any atom is -0.454 e. The average molecular weight is 447 g/mol. The molecule has 2 aromatic carbocycles. The number of ether oxygens (including phenoxy) is 2. The van der Waals surface area contributed by atoms with Crippen LogP contribution in [0, 0.1) is 5.92 Å². The highest BCUT2D eigenvalue weighted by Crippen LogP contribution is 2.34. The molecule has 0 unspecified atom stereocenters. The number of hydrogen-bond acceptors (Lipinski definition) is 4. The Kier molecular flexibility index (Phi) is 6.16. The summed E-state index contributed by atoms with van der Waals surface area (Å²) in [7, 11) is 0. The lowest BCUT2D eigenvalue weighted by Crippen LogP contribution is -2.40. The molecular weight excluding hydrogens is 427 g/mol. The van der Waals surface area contributed by atoms with E-state index in [0.717, 1.165) is 0 Å². The van der Waals surface area contributed by atoms with Gasteiger partial charge in [-0.2, -0.15) is 0 Å². The van der Waals surface area contributed by atoms with E-state index in [0.29, 0.717) is 58.7 Å². The van der Waals surface area contributed by atoms with Gasteiger partial charge in [0.25, 0.3) is 0 Å². The Morgan fingerprint density at radius 3 is 2.63 bits per heavy atom. The molecule has 30 heavy (non-hydrogen) atoms. The third kappa shape index (κ3) is 4.55. The maximum absolute atomic E-state index is 12.6. The number of benzene rings is 2. The maximum Gasteiger partial charge on any atom is 0.246 e. The lowest BCUT2D eigenvalue weighted by molar-refractivity contribution is -0.130. The van der Waals surface area contributed by atoms with Crippen molar-refractivity contribution in [1.29, 1.82) is 0 Å². The second-order valence-corrected chi connectivity index (χ2v) is 7.92. The molecule has 2 aliphatic rings. The molecule has 0 spiro atoms. The Morgan fingerprint density at radius 1 is 1.07 bits per heavy atom. The first-order valence-electron chi connectivity index (χ1n) is 9.63. The number of fused-ring (bicyclic) bond motifs is 1. The molecule has 2 aromatic rings. The lowest BCUT2D eigenvalue weighted by Gasteiger charge is -2.30. The molecule has 2 heterocycles. The summed E-state index contributed by atoms with van der Waals surface area (Å²) in [6.45, 7) is 1.23. The van der Waals surface area contributed by atoms with E-state index >= 15 is 0 Å². The van der Waals surface area contributed by atoms with Gasteiger partial charge in [-0.05, 0) is 42.7 Å². The van der Waals surface area contributed by atoms with E-state index in [-0.39, 0.29) is 24.5 Å². The van der Waals surface area contributed by atoms with Crippen molar-refractivity contribution in [3.63, 3.8) is 0 Å². The van der Waals surface area contributed by atoms with Crippen molar-refractivity contribution in [3.8, 4) is 11.5 Å². The van der Waals surface area contributed by atoms with Crippen LogP contribution in [0.2, 0.25) is 10.0 Å². The molecule has 0 bridgehead atoms. The van der Waals surface area contributed by atoms with E-state index in [1.807, 2.05) is 0 Å². The van der Waals surface area contributed by atoms with Gasteiger partial charge in [-0.3, -0.25) is 9.59 Å². The molecule has 6 nitrogen and oxygen atoms in total. The fourth-order valence-electron chi connectivity index (χ4n) is 3.50. The number of piperidine rings is 1. The van der Waals surface area contributed by atoms with E-state index in [1.165, 1.54) is 6.08 Å². The normalized spacial score (nSPS) is 16.1. The second-order valence-electron chi connectivity index (χ2n) is 7.13. The summed E-state index contributed by atoms with van der Waals surface area (Å²) in [5.41, 5.74) is 1.36. The van der Waals surface area contributed by atoms with Crippen LogP contribution in [0.15, 0.2) is 42.5 Å². The van der Waals surface area contributed by atoms with Gasteiger partial charge in [-0.25, -0.2) is 0 Å². The van der Waals surface area contributed by atoms with Crippen molar-refractivity contribution in [2.24, 2.45) is 5.92 Å². The van der Waals surface area contributed by atoms with Gasteiger partial charge in [-0.1, -0.05) is 35.3 Å². The highest BCUT2D eigenvalue weighted by atomic mass is 35.5. The van der Waals surface area contributed by atoms with Crippen LogP contribution in [-0.2, 0) is 9.59 Å². The monoisotopic (exact) mass is 446 g/mol.